The van der Waals surface area contributed by atoms with Crippen molar-refractivity contribution in [2.75, 3.05) is 16.0 Å². The van der Waals surface area contributed by atoms with E-state index in [1.807, 2.05) is 0 Å². The molecule has 0 spiro atoms. The van der Waals surface area contributed by atoms with E-state index >= 15 is 0 Å². The van der Waals surface area contributed by atoms with Gasteiger partial charge in [0.2, 0.25) is 11.8 Å². The Kier molecular flexibility index (Phi) is 5.90. The summed E-state index contributed by atoms with van der Waals surface area (Å²) in [7, 11) is 0. The second kappa shape index (κ2) is 8.05. The van der Waals surface area contributed by atoms with Gasteiger partial charge in [-0.3, -0.25) is 9.59 Å². The van der Waals surface area contributed by atoms with Gasteiger partial charge in [0.25, 0.3) is 0 Å². The first-order chi connectivity index (χ1) is 13.2. The minimum absolute atomic E-state index is 0.0776. The summed E-state index contributed by atoms with van der Waals surface area (Å²) in [6.45, 7) is 1.76. The van der Waals surface area contributed by atoms with E-state index in [9.17, 15) is 22.8 Å². The van der Waals surface area contributed by atoms with Crippen LogP contribution in [0.3, 0.4) is 0 Å². The molecule has 0 fully saturated rings. The van der Waals surface area contributed by atoms with Gasteiger partial charge in [0.15, 0.2) is 0 Å². The number of nitrogens with one attached hydrogen (secondary N) is 1. The smallest absolute Gasteiger partial charge is 0.324 e. The van der Waals surface area contributed by atoms with Crippen LogP contribution < -0.4 is 10.2 Å². The zero-order valence-electron chi connectivity index (χ0n) is 14.7. The Morgan fingerprint density at radius 3 is 2.71 bits per heavy atom. The molecule has 1 unspecified atom stereocenters. The number of hydrogen-bond acceptors (Lipinski definition) is 3. The van der Waals surface area contributed by atoms with Gasteiger partial charge in [0.05, 0.1) is 27.7 Å². The van der Waals surface area contributed by atoms with Crippen molar-refractivity contribution in [3.63, 3.8) is 0 Å². The second-order valence-electron chi connectivity index (χ2n) is 6.31. The van der Waals surface area contributed by atoms with Crippen LogP contribution in [-0.2, 0) is 15.8 Å². The van der Waals surface area contributed by atoms with Crippen molar-refractivity contribution in [2.24, 2.45) is 0 Å². The van der Waals surface area contributed by atoms with Crippen LogP contribution in [0.1, 0.15) is 18.9 Å². The number of anilines is 2. The maximum atomic E-state index is 13.0. The molecule has 1 heterocycles. The Labute approximate surface area is 169 Å². The van der Waals surface area contributed by atoms with Gasteiger partial charge in [-0.15, -0.1) is 11.8 Å². The van der Waals surface area contributed by atoms with Crippen molar-refractivity contribution < 1.29 is 22.8 Å². The molecule has 1 N–H and O–H groups in total. The van der Waals surface area contributed by atoms with E-state index in [1.54, 1.807) is 31.2 Å². The minimum Gasteiger partial charge on any atom is -0.324 e. The Hall–Kier alpha value is -2.19. The molecule has 2 aromatic carbocycles. The maximum absolute atomic E-state index is 13.0. The van der Waals surface area contributed by atoms with Crippen molar-refractivity contribution >= 4 is 46.6 Å². The number of hydrogen-bond donors (Lipinski definition) is 1. The molecule has 9 heteroatoms. The lowest BCUT2D eigenvalue weighted by atomic mass is 10.2. The normalized spacial score (nSPS) is 17.0. The summed E-state index contributed by atoms with van der Waals surface area (Å²) < 4.78 is 39.0. The molecule has 148 valence electrons. The summed E-state index contributed by atoms with van der Waals surface area (Å²) in [6, 6.07) is 10.1. The Morgan fingerprint density at radius 2 is 2.00 bits per heavy atom. The number of thioether (sulfide) groups is 1. The number of benzene rings is 2. The lowest BCUT2D eigenvalue weighted by Crippen LogP contribution is -2.40. The predicted octanol–water partition coefficient (Wildman–Crippen LogP) is 5.21. The fourth-order valence-corrected chi connectivity index (χ4v) is 4.01. The van der Waals surface area contributed by atoms with E-state index in [-0.39, 0.29) is 39.9 Å². The summed E-state index contributed by atoms with van der Waals surface area (Å²) in [6.07, 6.45) is -4.44. The van der Waals surface area contributed by atoms with Crippen LogP contribution in [0.25, 0.3) is 0 Å². The molecule has 1 aliphatic rings. The van der Waals surface area contributed by atoms with Crippen LogP contribution in [0.4, 0.5) is 24.5 Å². The van der Waals surface area contributed by atoms with Crippen molar-refractivity contribution in [1.82, 2.24) is 0 Å². The van der Waals surface area contributed by atoms with Gasteiger partial charge >= 0.3 is 6.18 Å². The number of para-hydroxylation sites is 2. The summed E-state index contributed by atoms with van der Waals surface area (Å²) >= 11 is 6.62. The van der Waals surface area contributed by atoms with Gasteiger partial charge in [-0.2, -0.15) is 13.2 Å². The van der Waals surface area contributed by atoms with Crippen LogP contribution in [-0.4, -0.2) is 23.6 Å². The fraction of sp³-hybridized carbons (Fsp3) is 0.263. The highest BCUT2D eigenvalue weighted by atomic mass is 35.5. The molecule has 3 rings (SSSR count). The molecule has 1 aliphatic heterocycles. The van der Waals surface area contributed by atoms with E-state index in [1.165, 1.54) is 17.0 Å². The summed E-state index contributed by atoms with van der Waals surface area (Å²) in [5.74, 6) is -0.577. The van der Waals surface area contributed by atoms with Crippen molar-refractivity contribution in [3.05, 3.63) is 53.1 Å². The molecule has 28 heavy (non-hydrogen) atoms. The summed E-state index contributed by atoms with van der Waals surface area (Å²) in [5.41, 5.74) is 0.162. The third-order valence-electron chi connectivity index (χ3n) is 4.23. The fourth-order valence-electron chi connectivity index (χ4n) is 2.99. The van der Waals surface area contributed by atoms with Gasteiger partial charge in [0, 0.05) is 17.4 Å². The van der Waals surface area contributed by atoms with E-state index in [4.69, 9.17) is 11.6 Å². The molecule has 2 aromatic rings. The average molecular weight is 429 g/mol. The van der Waals surface area contributed by atoms with Crippen molar-refractivity contribution in [1.29, 1.82) is 0 Å². The van der Waals surface area contributed by atoms with Gasteiger partial charge in [-0.25, -0.2) is 0 Å². The van der Waals surface area contributed by atoms with E-state index < -0.39 is 11.7 Å². The summed E-state index contributed by atoms with van der Waals surface area (Å²) in [4.78, 5) is 26.7. The van der Waals surface area contributed by atoms with Gasteiger partial charge < -0.3 is 10.2 Å². The number of nitrogens with zero attached hydrogens (tertiary/aromatic N) is 1. The molecule has 1 atom stereocenters. The van der Waals surface area contributed by atoms with E-state index in [0.29, 0.717) is 11.4 Å². The zero-order chi connectivity index (χ0) is 20.5. The quantitative estimate of drug-likeness (QED) is 0.682. The van der Waals surface area contributed by atoms with Crippen LogP contribution in [0.5, 0.6) is 0 Å². The van der Waals surface area contributed by atoms with Gasteiger partial charge in [-0.1, -0.05) is 23.7 Å². The van der Waals surface area contributed by atoms with Crippen LogP contribution in [0, 0.1) is 0 Å². The number of alkyl halides is 3. The lowest BCUT2D eigenvalue weighted by molar-refractivity contribution is -0.137. The Balaban J connectivity index is 1.81. The van der Waals surface area contributed by atoms with E-state index in [2.05, 4.69) is 5.32 Å². The molecule has 0 bridgehead atoms. The number of carbonyl (C=O) groups excluding carboxylic acids is 2. The third kappa shape index (κ3) is 4.44. The number of rotatable bonds is 3. The lowest BCUT2D eigenvalue weighted by Gasteiger charge is -2.27. The third-order valence-corrected chi connectivity index (χ3v) is 5.54. The number of carbonyl (C=O) groups is 2. The molecule has 0 aromatic heterocycles. The molecule has 0 radical (unpaired) electrons. The maximum Gasteiger partial charge on any atom is 0.417 e. The Bertz CT molecular complexity index is 920. The number of halogens is 4. The molecule has 0 aliphatic carbocycles. The van der Waals surface area contributed by atoms with E-state index in [0.717, 1.165) is 17.8 Å². The molecular weight excluding hydrogens is 413 g/mol. The monoisotopic (exact) mass is 428 g/mol. The first-order valence-corrected chi connectivity index (χ1v) is 9.73. The van der Waals surface area contributed by atoms with Gasteiger partial charge in [-0.05, 0) is 37.3 Å². The van der Waals surface area contributed by atoms with Crippen LogP contribution in [0.15, 0.2) is 47.4 Å². The molecule has 4 nitrogen and oxygen atoms in total. The van der Waals surface area contributed by atoms with Crippen LogP contribution in [0.2, 0.25) is 5.02 Å². The highest BCUT2D eigenvalue weighted by molar-refractivity contribution is 8.00. The minimum atomic E-state index is -4.57. The van der Waals surface area contributed by atoms with Crippen molar-refractivity contribution in [2.45, 2.75) is 30.5 Å². The summed E-state index contributed by atoms with van der Waals surface area (Å²) in [5, 5.41) is 2.38. The SMILES string of the molecule is CC1CC(=O)Nc2ccccc2N1C(=O)CSc1ccc(Cl)c(C(F)(F)F)c1. The predicted molar refractivity (Wildman–Crippen MR) is 104 cm³/mol. The second-order valence-corrected chi connectivity index (χ2v) is 7.77. The molecule has 0 saturated carbocycles. The largest absolute Gasteiger partial charge is 0.417 e. The highest BCUT2D eigenvalue weighted by Gasteiger charge is 2.34. The van der Waals surface area contributed by atoms with Crippen molar-refractivity contribution in [3.8, 4) is 0 Å². The first-order valence-electron chi connectivity index (χ1n) is 8.37. The zero-order valence-corrected chi connectivity index (χ0v) is 16.3. The van der Waals surface area contributed by atoms with Gasteiger partial charge in [0.1, 0.15) is 0 Å². The first kappa shape index (κ1) is 20.5. The Morgan fingerprint density at radius 1 is 1.29 bits per heavy atom. The van der Waals surface area contributed by atoms with Crippen LogP contribution >= 0.6 is 23.4 Å². The standard InChI is InChI=1S/C19H16ClF3N2O2S/c1-11-8-17(26)24-15-4-2-3-5-16(15)25(11)18(27)10-28-12-6-7-14(20)13(9-12)19(21,22)23/h2-7,9,11H,8,10H2,1H3,(H,24,26). The molecule has 2 amide bonds. The molecular formula is C19H16ClF3N2O2S. The molecule has 0 saturated heterocycles. The highest BCUT2D eigenvalue weighted by Crippen LogP contribution is 2.37. The average Bonchev–Trinajstić information content (AvgIpc) is 2.74. The topological polar surface area (TPSA) is 49.4 Å². The number of fused-ring (bicyclic) bond motifs is 1. The number of amides is 2.